The summed E-state index contributed by atoms with van der Waals surface area (Å²) in [5.41, 5.74) is 6.44. The van der Waals surface area contributed by atoms with E-state index < -0.39 is 0 Å². The average molecular weight is 239 g/mol. The van der Waals surface area contributed by atoms with Crippen LogP contribution in [-0.2, 0) is 0 Å². The van der Waals surface area contributed by atoms with Gasteiger partial charge in [-0.15, -0.1) is 0 Å². The van der Waals surface area contributed by atoms with E-state index in [4.69, 9.17) is 5.73 Å². The smallest absolute Gasteiger partial charge is 0.0283 e. The fourth-order valence-corrected chi connectivity index (χ4v) is 3.20. The predicted molar refractivity (Wildman–Crippen MR) is 73.0 cm³/mol. The fraction of sp³-hybridized carbons (Fsp3) is 1.00. The molecule has 2 fully saturated rings. The Hall–Kier alpha value is -0.120. The van der Waals surface area contributed by atoms with Gasteiger partial charge in [-0.3, -0.25) is 0 Å². The third-order valence-electron chi connectivity index (χ3n) is 4.53. The van der Waals surface area contributed by atoms with E-state index in [2.05, 4.69) is 30.8 Å². The molecule has 2 rings (SSSR count). The normalized spacial score (nSPS) is 27.4. The Morgan fingerprint density at radius 3 is 2.35 bits per heavy atom. The molecule has 2 aliphatic rings. The molecule has 1 aliphatic heterocycles. The zero-order valence-corrected chi connectivity index (χ0v) is 11.8. The highest BCUT2D eigenvalue weighted by molar-refractivity contribution is 4.97. The van der Waals surface area contributed by atoms with Crippen LogP contribution in [0.1, 0.15) is 32.6 Å². The average Bonchev–Trinajstić information content (AvgIpc) is 3.04. The molecule has 1 aliphatic carbocycles. The van der Waals surface area contributed by atoms with E-state index >= 15 is 0 Å². The number of hydrogen-bond acceptors (Lipinski definition) is 3. The number of nitrogens with zero attached hydrogens (tertiary/aromatic N) is 2. The van der Waals surface area contributed by atoms with Gasteiger partial charge in [0.05, 0.1) is 0 Å². The standard InChI is InChI=1S/C14H29N3/c1-14(15,13-4-5-13)11-17(3)10-12-6-8-16(2)9-7-12/h12-13H,4-11,15H2,1-3H3. The number of rotatable bonds is 5. The second-order valence-electron chi connectivity index (χ2n) is 6.72. The number of likely N-dealkylation sites (tertiary alicyclic amines) is 1. The van der Waals surface area contributed by atoms with Crippen LogP contribution in [0.5, 0.6) is 0 Å². The van der Waals surface area contributed by atoms with Crippen molar-refractivity contribution in [3.63, 3.8) is 0 Å². The van der Waals surface area contributed by atoms with E-state index in [0.29, 0.717) is 0 Å². The van der Waals surface area contributed by atoms with Crippen molar-refractivity contribution in [1.82, 2.24) is 9.80 Å². The molecule has 1 unspecified atom stereocenters. The van der Waals surface area contributed by atoms with Gasteiger partial charge in [0.2, 0.25) is 0 Å². The zero-order valence-electron chi connectivity index (χ0n) is 11.8. The van der Waals surface area contributed by atoms with Crippen molar-refractivity contribution in [2.45, 2.75) is 38.1 Å². The summed E-state index contributed by atoms with van der Waals surface area (Å²) in [5, 5.41) is 0. The first-order valence-corrected chi connectivity index (χ1v) is 7.13. The molecule has 0 spiro atoms. The van der Waals surface area contributed by atoms with Gasteiger partial charge in [0, 0.05) is 18.6 Å². The molecule has 0 bridgehead atoms. The van der Waals surface area contributed by atoms with Crippen molar-refractivity contribution in [3.05, 3.63) is 0 Å². The molecule has 0 aromatic carbocycles. The predicted octanol–water partition coefficient (Wildman–Crippen LogP) is 1.39. The summed E-state index contributed by atoms with van der Waals surface area (Å²) >= 11 is 0. The van der Waals surface area contributed by atoms with Crippen molar-refractivity contribution >= 4 is 0 Å². The maximum absolute atomic E-state index is 6.40. The van der Waals surface area contributed by atoms with Crippen molar-refractivity contribution in [2.75, 3.05) is 40.3 Å². The third-order valence-corrected chi connectivity index (χ3v) is 4.53. The second kappa shape index (κ2) is 5.25. The van der Waals surface area contributed by atoms with Gasteiger partial charge < -0.3 is 15.5 Å². The Kier molecular flexibility index (Phi) is 4.11. The Morgan fingerprint density at radius 2 is 1.82 bits per heavy atom. The quantitative estimate of drug-likeness (QED) is 0.787. The Bertz CT molecular complexity index is 240. The van der Waals surface area contributed by atoms with Gasteiger partial charge in [-0.1, -0.05) is 0 Å². The van der Waals surface area contributed by atoms with Crippen LogP contribution in [0.4, 0.5) is 0 Å². The minimum Gasteiger partial charge on any atom is -0.324 e. The van der Waals surface area contributed by atoms with Gasteiger partial charge in [0.25, 0.3) is 0 Å². The van der Waals surface area contributed by atoms with Gasteiger partial charge in [0.1, 0.15) is 0 Å². The summed E-state index contributed by atoms with van der Waals surface area (Å²) in [6.45, 7) is 7.05. The minimum atomic E-state index is 0.0419. The Labute approximate surface area is 106 Å². The molecule has 3 nitrogen and oxygen atoms in total. The van der Waals surface area contributed by atoms with Crippen molar-refractivity contribution in [1.29, 1.82) is 0 Å². The lowest BCUT2D eigenvalue weighted by atomic mass is 9.94. The maximum Gasteiger partial charge on any atom is 0.0283 e. The monoisotopic (exact) mass is 239 g/mol. The molecular weight excluding hydrogens is 210 g/mol. The summed E-state index contributed by atoms with van der Waals surface area (Å²) in [4.78, 5) is 4.90. The van der Waals surface area contributed by atoms with E-state index in [-0.39, 0.29) is 5.54 Å². The van der Waals surface area contributed by atoms with Crippen LogP contribution in [0.15, 0.2) is 0 Å². The van der Waals surface area contributed by atoms with Gasteiger partial charge in [-0.25, -0.2) is 0 Å². The van der Waals surface area contributed by atoms with Crippen LogP contribution in [-0.4, -0.2) is 55.6 Å². The van der Waals surface area contributed by atoms with E-state index in [1.807, 2.05) is 0 Å². The summed E-state index contributed by atoms with van der Waals surface area (Å²) in [6.07, 6.45) is 5.39. The summed E-state index contributed by atoms with van der Waals surface area (Å²) < 4.78 is 0. The van der Waals surface area contributed by atoms with Gasteiger partial charge in [0.15, 0.2) is 0 Å². The fourth-order valence-electron chi connectivity index (χ4n) is 3.20. The Balaban J connectivity index is 1.71. The van der Waals surface area contributed by atoms with Crippen LogP contribution in [0.2, 0.25) is 0 Å². The summed E-state index contributed by atoms with van der Waals surface area (Å²) in [7, 11) is 4.47. The first kappa shape index (κ1) is 13.3. The lowest BCUT2D eigenvalue weighted by Crippen LogP contribution is -2.50. The molecule has 1 saturated heterocycles. The van der Waals surface area contributed by atoms with Crippen LogP contribution >= 0.6 is 0 Å². The Morgan fingerprint density at radius 1 is 1.24 bits per heavy atom. The topological polar surface area (TPSA) is 32.5 Å². The number of hydrogen-bond donors (Lipinski definition) is 1. The van der Waals surface area contributed by atoms with Crippen LogP contribution in [0.25, 0.3) is 0 Å². The van der Waals surface area contributed by atoms with E-state index in [0.717, 1.165) is 18.4 Å². The number of piperidine rings is 1. The SMILES string of the molecule is CN1CCC(CN(C)CC(C)(N)C2CC2)CC1. The third kappa shape index (κ3) is 3.94. The molecule has 0 amide bonds. The molecule has 3 heteroatoms. The van der Waals surface area contributed by atoms with Crippen molar-refractivity contribution < 1.29 is 0 Å². The molecule has 100 valence electrons. The molecule has 1 atom stereocenters. The lowest BCUT2D eigenvalue weighted by Gasteiger charge is -2.35. The first-order valence-electron chi connectivity index (χ1n) is 7.13. The van der Waals surface area contributed by atoms with Gasteiger partial charge >= 0.3 is 0 Å². The molecule has 17 heavy (non-hydrogen) atoms. The largest absolute Gasteiger partial charge is 0.324 e. The van der Waals surface area contributed by atoms with E-state index in [1.165, 1.54) is 45.3 Å². The second-order valence-corrected chi connectivity index (χ2v) is 6.72. The van der Waals surface area contributed by atoms with Crippen LogP contribution in [0, 0.1) is 11.8 Å². The number of likely N-dealkylation sites (N-methyl/N-ethyl adjacent to an activating group) is 1. The van der Waals surface area contributed by atoms with Crippen LogP contribution < -0.4 is 5.73 Å². The minimum absolute atomic E-state index is 0.0419. The number of nitrogens with two attached hydrogens (primary N) is 1. The van der Waals surface area contributed by atoms with Crippen molar-refractivity contribution in [3.8, 4) is 0 Å². The van der Waals surface area contributed by atoms with Gasteiger partial charge in [-0.2, -0.15) is 0 Å². The van der Waals surface area contributed by atoms with E-state index in [1.54, 1.807) is 0 Å². The zero-order chi connectivity index (χ0) is 12.5. The van der Waals surface area contributed by atoms with E-state index in [9.17, 15) is 0 Å². The van der Waals surface area contributed by atoms with Gasteiger partial charge in [-0.05, 0) is 71.6 Å². The highest BCUT2D eigenvalue weighted by Crippen LogP contribution is 2.38. The molecule has 0 aromatic heterocycles. The molecule has 0 aromatic rings. The molecule has 2 N–H and O–H groups in total. The lowest BCUT2D eigenvalue weighted by molar-refractivity contribution is 0.156. The first-order chi connectivity index (χ1) is 7.97. The molecular formula is C14H29N3. The summed E-state index contributed by atoms with van der Waals surface area (Å²) in [6, 6.07) is 0. The highest BCUT2D eigenvalue weighted by Gasteiger charge is 2.39. The molecule has 0 radical (unpaired) electrons. The van der Waals surface area contributed by atoms with Crippen molar-refractivity contribution in [2.24, 2.45) is 17.6 Å². The molecule has 1 saturated carbocycles. The molecule has 1 heterocycles. The maximum atomic E-state index is 6.40. The summed E-state index contributed by atoms with van der Waals surface area (Å²) in [5.74, 6) is 1.66. The highest BCUT2D eigenvalue weighted by atomic mass is 15.1. The van der Waals surface area contributed by atoms with Crippen LogP contribution in [0.3, 0.4) is 0 Å².